The van der Waals surface area contributed by atoms with Crippen molar-refractivity contribution < 1.29 is 19.5 Å². The van der Waals surface area contributed by atoms with Gasteiger partial charge in [-0.1, -0.05) is 6.92 Å². The van der Waals surface area contributed by atoms with Gasteiger partial charge in [-0.25, -0.2) is 0 Å². The molecule has 0 aromatic heterocycles. The fourth-order valence-corrected chi connectivity index (χ4v) is 2.48. The van der Waals surface area contributed by atoms with Crippen molar-refractivity contribution in [2.24, 2.45) is 0 Å². The van der Waals surface area contributed by atoms with E-state index in [4.69, 9.17) is 5.11 Å². The Balaban J connectivity index is 3.03. The Labute approximate surface area is 119 Å². The molecule has 1 aliphatic heterocycles. The van der Waals surface area contributed by atoms with Crippen molar-refractivity contribution in [3.05, 3.63) is 0 Å². The van der Waals surface area contributed by atoms with Crippen LogP contribution in [-0.4, -0.2) is 56.9 Å². The monoisotopic (exact) mass is 284 g/mol. The summed E-state index contributed by atoms with van der Waals surface area (Å²) in [7, 11) is 0. The van der Waals surface area contributed by atoms with Crippen LogP contribution in [0.25, 0.3) is 0 Å². The van der Waals surface area contributed by atoms with Gasteiger partial charge in [-0.3, -0.25) is 24.2 Å². The third-order valence-corrected chi connectivity index (χ3v) is 3.73. The van der Waals surface area contributed by atoms with E-state index >= 15 is 0 Å². The van der Waals surface area contributed by atoms with Crippen LogP contribution >= 0.6 is 0 Å². The summed E-state index contributed by atoms with van der Waals surface area (Å²) in [5, 5.41) is 9.03. The highest BCUT2D eigenvalue weighted by molar-refractivity contribution is 6.06. The molecule has 0 saturated carbocycles. The predicted octanol–water partition coefficient (Wildman–Crippen LogP) is 1.10. The maximum atomic E-state index is 12.5. The van der Waals surface area contributed by atoms with E-state index in [1.54, 1.807) is 4.90 Å². The van der Waals surface area contributed by atoms with E-state index in [0.29, 0.717) is 6.42 Å². The van der Waals surface area contributed by atoms with E-state index in [1.165, 1.54) is 4.90 Å². The third-order valence-electron chi connectivity index (χ3n) is 3.73. The van der Waals surface area contributed by atoms with Gasteiger partial charge in [0.15, 0.2) is 0 Å². The van der Waals surface area contributed by atoms with Gasteiger partial charge in [0.25, 0.3) is 0 Å². The standard InChI is InChI=1S/C14H24N2O4/c1-6-9(2)16-11(17)7-10(13(16)20)15(8-12(18)19)14(3,4)5/h9-10H,6-8H2,1-5H3,(H,18,19). The summed E-state index contributed by atoms with van der Waals surface area (Å²) in [5.41, 5.74) is -0.496. The van der Waals surface area contributed by atoms with Gasteiger partial charge in [0.1, 0.15) is 0 Å². The number of nitrogens with zero attached hydrogens (tertiary/aromatic N) is 2. The average Bonchev–Trinajstić information content (AvgIpc) is 2.59. The van der Waals surface area contributed by atoms with Gasteiger partial charge in [-0.15, -0.1) is 0 Å². The zero-order valence-electron chi connectivity index (χ0n) is 12.8. The number of carbonyl (C=O) groups excluding carboxylic acids is 2. The number of carbonyl (C=O) groups is 3. The Bertz CT molecular complexity index is 414. The quantitative estimate of drug-likeness (QED) is 0.765. The summed E-state index contributed by atoms with van der Waals surface area (Å²) in [6, 6.07) is -0.820. The highest BCUT2D eigenvalue weighted by Gasteiger charge is 2.46. The highest BCUT2D eigenvalue weighted by atomic mass is 16.4. The Morgan fingerprint density at radius 3 is 2.40 bits per heavy atom. The van der Waals surface area contributed by atoms with Crippen LogP contribution in [0.1, 0.15) is 47.5 Å². The number of carboxylic acid groups (broad SMARTS) is 1. The number of likely N-dealkylation sites (tertiary alicyclic amines) is 1. The minimum Gasteiger partial charge on any atom is -0.480 e. The van der Waals surface area contributed by atoms with Crippen LogP contribution < -0.4 is 0 Å². The molecule has 2 amide bonds. The third kappa shape index (κ3) is 3.36. The molecule has 1 rings (SSSR count). The first-order valence-corrected chi connectivity index (χ1v) is 6.94. The van der Waals surface area contributed by atoms with Gasteiger partial charge < -0.3 is 5.11 Å². The molecule has 1 fully saturated rings. The molecule has 2 atom stereocenters. The summed E-state index contributed by atoms with van der Waals surface area (Å²) >= 11 is 0. The summed E-state index contributed by atoms with van der Waals surface area (Å²) in [5.74, 6) is -1.49. The molecule has 0 aromatic rings. The van der Waals surface area contributed by atoms with Crippen molar-refractivity contribution in [1.29, 1.82) is 0 Å². The molecule has 6 nitrogen and oxygen atoms in total. The first kappa shape index (κ1) is 16.6. The lowest BCUT2D eigenvalue weighted by Crippen LogP contribution is -2.53. The Morgan fingerprint density at radius 1 is 1.45 bits per heavy atom. The minimum absolute atomic E-state index is 0.0632. The molecule has 0 bridgehead atoms. The topological polar surface area (TPSA) is 77.9 Å². The van der Waals surface area contributed by atoms with E-state index in [2.05, 4.69) is 0 Å². The van der Waals surface area contributed by atoms with Crippen molar-refractivity contribution in [3.8, 4) is 0 Å². The first-order valence-electron chi connectivity index (χ1n) is 6.94. The number of hydrogen-bond acceptors (Lipinski definition) is 4. The van der Waals surface area contributed by atoms with E-state index in [9.17, 15) is 14.4 Å². The molecule has 2 unspecified atom stereocenters. The largest absolute Gasteiger partial charge is 0.480 e. The molecule has 114 valence electrons. The van der Waals surface area contributed by atoms with Crippen molar-refractivity contribution in [3.63, 3.8) is 0 Å². The van der Waals surface area contributed by atoms with Crippen LogP contribution in [0.4, 0.5) is 0 Å². The van der Waals surface area contributed by atoms with Crippen LogP contribution in [0.15, 0.2) is 0 Å². The van der Waals surface area contributed by atoms with Gasteiger partial charge in [-0.05, 0) is 34.1 Å². The zero-order valence-corrected chi connectivity index (χ0v) is 12.8. The summed E-state index contributed by atoms with van der Waals surface area (Å²) in [6.07, 6.45) is 0.756. The van der Waals surface area contributed by atoms with E-state index in [1.807, 2.05) is 34.6 Å². The average molecular weight is 284 g/mol. The smallest absolute Gasteiger partial charge is 0.317 e. The molecular weight excluding hydrogens is 260 g/mol. The predicted molar refractivity (Wildman–Crippen MR) is 74.1 cm³/mol. The normalized spacial score (nSPS) is 21.7. The van der Waals surface area contributed by atoms with Gasteiger partial charge in [0.05, 0.1) is 19.0 Å². The lowest BCUT2D eigenvalue weighted by Gasteiger charge is -2.37. The van der Waals surface area contributed by atoms with Crippen molar-refractivity contribution in [1.82, 2.24) is 9.80 Å². The Kier molecular flexibility index (Phi) is 4.91. The molecule has 1 saturated heterocycles. The lowest BCUT2D eigenvalue weighted by molar-refractivity contribution is -0.144. The van der Waals surface area contributed by atoms with Crippen molar-refractivity contribution >= 4 is 17.8 Å². The van der Waals surface area contributed by atoms with Gasteiger partial charge >= 0.3 is 5.97 Å². The minimum atomic E-state index is -0.998. The number of imide groups is 1. The molecule has 20 heavy (non-hydrogen) atoms. The zero-order chi connectivity index (χ0) is 15.7. The molecule has 1 heterocycles. The lowest BCUT2D eigenvalue weighted by atomic mass is 10.0. The molecule has 0 radical (unpaired) electrons. The Morgan fingerprint density at radius 2 is 2.00 bits per heavy atom. The molecule has 0 spiro atoms. The molecule has 6 heteroatoms. The fourth-order valence-electron chi connectivity index (χ4n) is 2.48. The van der Waals surface area contributed by atoms with E-state index < -0.39 is 17.6 Å². The second kappa shape index (κ2) is 5.91. The maximum Gasteiger partial charge on any atom is 0.317 e. The second-order valence-corrected chi connectivity index (χ2v) is 6.27. The highest BCUT2D eigenvalue weighted by Crippen LogP contribution is 2.27. The number of carboxylic acids is 1. The van der Waals surface area contributed by atoms with Crippen LogP contribution in [0, 0.1) is 0 Å². The molecule has 1 aliphatic rings. The van der Waals surface area contributed by atoms with Crippen molar-refractivity contribution in [2.75, 3.05) is 6.54 Å². The summed E-state index contributed by atoms with van der Waals surface area (Å²) in [4.78, 5) is 38.4. The first-order chi connectivity index (χ1) is 9.09. The SMILES string of the molecule is CCC(C)N1C(=O)CC(N(CC(=O)O)C(C)(C)C)C1=O. The van der Waals surface area contributed by atoms with Gasteiger partial charge in [0, 0.05) is 11.6 Å². The van der Waals surface area contributed by atoms with Gasteiger partial charge in [0.2, 0.25) is 11.8 Å². The maximum absolute atomic E-state index is 12.5. The van der Waals surface area contributed by atoms with Crippen LogP contribution in [-0.2, 0) is 14.4 Å². The fraction of sp³-hybridized carbons (Fsp3) is 0.786. The van der Waals surface area contributed by atoms with E-state index in [0.717, 1.165) is 0 Å². The summed E-state index contributed by atoms with van der Waals surface area (Å²) < 4.78 is 0. The molecule has 1 N–H and O–H groups in total. The molecule has 0 aromatic carbocycles. The van der Waals surface area contributed by atoms with Crippen molar-refractivity contribution in [2.45, 2.75) is 65.1 Å². The molecule has 0 aliphatic carbocycles. The number of hydrogen-bond donors (Lipinski definition) is 1. The Hall–Kier alpha value is -1.43. The summed E-state index contributed by atoms with van der Waals surface area (Å²) in [6.45, 7) is 9.04. The number of rotatable bonds is 5. The van der Waals surface area contributed by atoms with Gasteiger partial charge in [-0.2, -0.15) is 0 Å². The van der Waals surface area contributed by atoms with Crippen LogP contribution in [0.2, 0.25) is 0 Å². The van der Waals surface area contributed by atoms with E-state index in [-0.39, 0.29) is 30.8 Å². The molecular formula is C14H24N2O4. The van der Waals surface area contributed by atoms with Crippen LogP contribution in [0.5, 0.6) is 0 Å². The number of amides is 2. The number of aliphatic carboxylic acids is 1. The second-order valence-electron chi connectivity index (χ2n) is 6.27. The van der Waals surface area contributed by atoms with Crippen LogP contribution in [0.3, 0.4) is 0 Å².